The lowest BCUT2D eigenvalue weighted by atomic mass is 10.1. The third-order valence-corrected chi connectivity index (χ3v) is 6.62. The Kier molecular flexibility index (Phi) is 7.47. The van der Waals surface area contributed by atoms with Gasteiger partial charge in [0.05, 0.1) is 0 Å². The third kappa shape index (κ3) is 3.84. The van der Waals surface area contributed by atoms with Gasteiger partial charge in [-0.15, -0.1) is 0 Å². The Morgan fingerprint density at radius 1 is 0.812 bits per heavy atom. The zero-order valence-electron chi connectivity index (χ0n) is 11.8. The van der Waals surface area contributed by atoms with Crippen molar-refractivity contribution in [2.24, 2.45) is 0 Å². The van der Waals surface area contributed by atoms with E-state index in [0.29, 0.717) is 19.8 Å². The second-order valence-corrected chi connectivity index (χ2v) is 7.82. The lowest BCUT2D eigenvalue weighted by Crippen LogP contribution is -2.54. The van der Waals surface area contributed by atoms with Gasteiger partial charge in [0, 0.05) is 24.9 Å². The van der Waals surface area contributed by atoms with Gasteiger partial charge in [-0.05, 0) is 27.2 Å². The molecule has 0 aromatic rings. The summed E-state index contributed by atoms with van der Waals surface area (Å²) in [5.74, 6) is 0. The minimum Gasteiger partial charge on any atom is -0.373 e. The molecule has 0 spiro atoms. The molecule has 98 valence electrons. The molecule has 0 fully saturated rings. The molecule has 0 bridgehead atoms. The Hall–Kier alpha value is 0.0969. The van der Waals surface area contributed by atoms with Crippen molar-refractivity contribution >= 4 is 8.80 Å². The second kappa shape index (κ2) is 7.43. The molecule has 0 N–H and O–H groups in total. The average Bonchev–Trinajstić information content (AvgIpc) is 2.18. The van der Waals surface area contributed by atoms with Gasteiger partial charge in [-0.3, -0.25) is 0 Å². The van der Waals surface area contributed by atoms with Gasteiger partial charge in [-0.25, -0.2) is 0 Å². The van der Waals surface area contributed by atoms with Crippen LogP contribution >= 0.6 is 0 Å². The van der Waals surface area contributed by atoms with E-state index in [4.69, 9.17) is 13.3 Å². The molecule has 0 aliphatic rings. The van der Waals surface area contributed by atoms with Crippen LogP contribution in [0.1, 0.15) is 54.4 Å². The molecule has 0 aromatic heterocycles. The van der Waals surface area contributed by atoms with E-state index in [9.17, 15) is 0 Å². The SMILES string of the molecule is CCCC(C)(C)[Si](OCC)(OCC)OCC. The molecule has 0 unspecified atom stereocenters. The van der Waals surface area contributed by atoms with Crippen molar-refractivity contribution in [1.82, 2.24) is 0 Å². The van der Waals surface area contributed by atoms with Crippen LogP contribution in [0.5, 0.6) is 0 Å². The maximum absolute atomic E-state index is 5.92. The molecule has 0 saturated heterocycles. The van der Waals surface area contributed by atoms with Gasteiger partial charge < -0.3 is 13.3 Å². The lowest BCUT2D eigenvalue weighted by Gasteiger charge is -2.40. The van der Waals surface area contributed by atoms with E-state index in [1.165, 1.54) is 0 Å². The normalized spacial score (nSPS) is 13.1. The summed E-state index contributed by atoms with van der Waals surface area (Å²) in [6.45, 7) is 14.5. The Bertz CT molecular complexity index is 166. The number of rotatable bonds is 9. The zero-order chi connectivity index (χ0) is 12.7. The molecule has 0 rings (SSSR count). The molecular weight excluding hydrogens is 220 g/mol. The summed E-state index contributed by atoms with van der Waals surface area (Å²) >= 11 is 0. The van der Waals surface area contributed by atoms with Gasteiger partial charge in [0.15, 0.2) is 0 Å². The Morgan fingerprint density at radius 3 is 1.44 bits per heavy atom. The molecule has 0 radical (unpaired) electrons. The van der Waals surface area contributed by atoms with E-state index >= 15 is 0 Å². The highest BCUT2D eigenvalue weighted by Gasteiger charge is 2.54. The van der Waals surface area contributed by atoms with E-state index in [1.54, 1.807) is 0 Å². The van der Waals surface area contributed by atoms with E-state index in [1.807, 2.05) is 20.8 Å². The fourth-order valence-corrected chi connectivity index (χ4v) is 5.18. The Labute approximate surface area is 102 Å². The molecule has 0 amide bonds. The van der Waals surface area contributed by atoms with E-state index < -0.39 is 8.80 Å². The Morgan fingerprint density at radius 2 is 1.19 bits per heavy atom. The monoisotopic (exact) mass is 248 g/mol. The molecule has 3 nitrogen and oxygen atoms in total. The predicted octanol–water partition coefficient (Wildman–Crippen LogP) is 3.62. The van der Waals surface area contributed by atoms with Gasteiger partial charge in [0.2, 0.25) is 0 Å². The van der Waals surface area contributed by atoms with Crippen LogP contribution in [0.25, 0.3) is 0 Å². The van der Waals surface area contributed by atoms with Crippen molar-refractivity contribution in [3.05, 3.63) is 0 Å². The van der Waals surface area contributed by atoms with Gasteiger partial charge in [0.25, 0.3) is 0 Å². The molecular formula is C12H28O3Si. The van der Waals surface area contributed by atoms with Gasteiger partial charge in [-0.2, -0.15) is 0 Å². The molecule has 4 heteroatoms. The maximum Gasteiger partial charge on any atom is 0.506 e. The first kappa shape index (κ1) is 16.1. The Balaban J connectivity index is 4.96. The maximum atomic E-state index is 5.92. The van der Waals surface area contributed by atoms with Crippen LogP contribution in [0.4, 0.5) is 0 Å². The van der Waals surface area contributed by atoms with Crippen LogP contribution in [-0.4, -0.2) is 28.6 Å². The van der Waals surface area contributed by atoms with E-state index in [2.05, 4.69) is 20.8 Å². The molecule has 0 atom stereocenters. The van der Waals surface area contributed by atoms with Crippen LogP contribution < -0.4 is 0 Å². The quantitative estimate of drug-likeness (QED) is 0.583. The first-order valence-corrected chi connectivity index (χ1v) is 8.14. The van der Waals surface area contributed by atoms with Gasteiger partial charge in [-0.1, -0.05) is 27.2 Å². The number of hydrogen-bond donors (Lipinski definition) is 0. The van der Waals surface area contributed by atoms with Crippen molar-refractivity contribution in [2.75, 3.05) is 19.8 Å². The summed E-state index contributed by atoms with van der Waals surface area (Å²) in [4.78, 5) is 0. The predicted molar refractivity (Wildman–Crippen MR) is 69.6 cm³/mol. The first-order valence-electron chi connectivity index (χ1n) is 6.41. The second-order valence-electron chi connectivity index (χ2n) is 4.49. The molecule has 0 saturated carbocycles. The van der Waals surface area contributed by atoms with Crippen molar-refractivity contribution in [3.8, 4) is 0 Å². The third-order valence-electron chi connectivity index (χ3n) is 2.71. The zero-order valence-corrected chi connectivity index (χ0v) is 12.8. The highest BCUT2D eigenvalue weighted by molar-refractivity contribution is 6.64. The molecule has 0 aliphatic carbocycles. The molecule has 16 heavy (non-hydrogen) atoms. The van der Waals surface area contributed by atoms with Crippen LogP contribution in [0.15, 0.2) is 0 Å². The highest BCUT2D eigenvalue weighted by atomic mass is 28.4. The fourth-order valence-electron chi connectivity index (χ4n) is 2.06. The number of hydrogen-bond acceptors (Lipinski definition) is 3. The van der Waals surface area contributed by atoms with Crippen molar-refractivity contribution < 1.29 is 13.3 Å². The van der Waals surface area contributed by atoms with E-state index in [-0.39, 0.29) is 5.04 Å². The van der Waals surface area contributed by atoms with Crippen LogP contribution in [-0.2, 0) is 13.3 Å². The topological polar surface area (TPSA) is 27.7 Å². The summed E-state index contributed by atoms with van der Waals surface area (Å²) in [5.41, 5.74) is 0. The summed E-state index contributed by atoms with van der Waals surface area (Å²) < 4.78 is 17.8. The smallest absolute Gasteiger partial charge is 0.373 e. The molecule has 0 aliphatic heterocycles. The fraction of sp³-hybridized carbons (Fsp3) is 1.00. The standard InChI is InChI=1S/C12H28O3Si/c1-7-11-12(5,6)16(13-8-2,14-9-3)15-10-4/h7-11H2,1-6H3. The van der Waals surface area contributed by atoms with Crippen molar-refractivity contribution in [3.63, 3.8) is 0 Å². The van der Waals surface area contributed by atoms with Crippen molar-refractivity contribution in [2.45, 2.75) is 59.4 Å². The molecule has 0 heterocycles. The molecule has 0 aromatic carbocycles. The van der Waals surface area contributed by atoms with E-state index in [0.717, 1.165) is 12.8 Å². The summed E-state index contributed by atoms with van der Waals surface area (Å²) in [6.07, 6.45) is 2.19. The van der Waals surface area contributed by atoms with Crippen molar-refractivity contribution in [1.29, 1.82) is 0 Å². The van der Waals surface area contributed by atoms with Gasteiger partial charge >= 0.3 is 8.80 Å². The van der Waals surface area contributed by atoms with Gasteiger partial charge in [0.1, 0.15) is 0 Å². The summed E-state index contributed by atoms with van der Waals surface area (Å²) in [6, 6.07) is 0. The largest absolute Gasteiger partial charge is 0.506 e. The average molecular weight is 248 g/mol. The van der Waals surface area contributed by atoms with Crippen LogP contribution in [0.3, 0.4) is 0 Å². The summed E-state index contributed by atoms with van der Waals surface area (Å²) in [7, 11) is -2.54. The van der Waals surface area contributed by atoms with Crippen LogP contribution in [0.2, 0.25) is 5.04 Å². The lowest BCUT2D eigenvalue weighted by molar-refractivity contribution is 0.0464. The minimum absolute atomic E-state index is 0.0101. The van der Waals surface area contributed by atoms with Crippen LogP contribution in [0, 0.1) is 0 Å². The minimum atomic E-state index is -2.54. The first-order chi connectivity index (χ1) is 7.49. The highest BCUT2D eigenvalue weighted by Crippen LogP contribution is 2.43. The summed E-state index contributed by atoms with van der Waals surface area (Å²) in [5, 5.41) is -0.0101.